The van der Waals surface area contributed by atoms with Gasteiger partial charge in [0.2, 0.25) is 0 Å². The summed E-state index contributed by atoms with van der Waals surface area (Å²) in [4.78, 5) is 9.02. The Labute approximate surface area is 86.3 Å². The lowest BCUT2D eigenvalue weighted by Crippen LogP contribution is -2.26. The van der Waals surface area contributed by atoms with Crippen LogP contribution in [0.3, 0.4) is 0 Å². The average Bonchev–Trinajstić information content (AvgIpc) is 2.21. The van der Waals surface area contributed by atoms with E-state index in [0.717, 1.165) is 11.3 Å². The normalized spacial score (nSPS) is 10.4. The standard InChI is InChI=1S/C9H14N2O.C2H6/c1-7-4-5-8(11-6-7)9(2,3)12-10;1-2/h4-6H,10H2,1-3H3;1-2H3. The van der Waals surface area contributed by atoms with Crippen molar-refractivity contribution in [3.63, 3.8) is 0 Å². The highest BCUT2D eigenvalue weighted by Crippen LogP contribution is 2.19. The van der Waals surface area contributed by atoms with Crippen LogP contribution >= 0.6 is 0 Å². The van der Waals surface area contributed by atoms with Gasteiger partial charge >= 0.3 is 0 Å². The maximum Gasteiger partial charge on any atom is 0.125 e. The second-order valence-electron chi connectivity index (χ2n) is 3.35. The molecule has 0 fully saturated rings. The lowest BCUT2D eigenvalue weighted by molar-refractivity contribution is -0.0268. The summed E-state index contributed by atoms with van der Waals surface area (Å²) >= 11 is 0. The number of hydrogen-bond acceptors (Lipinski definition) is 3. The Morgan fingerprint density at radius 1 is 1.29 bits per heavy atom. The minimum absolute atomic E-state index is 0.506. The third-order valence-electron chi connectivity index (χ3n) is 1.82. The fraction of sp³-hybridized carbons (Fsp3) is 0.545. The number of nitrogens with zero attached hydrogens (tertiary/aromatic N) is 1. The molecule has 1 aromatic heterocycles. The molecule has 0 bridgehead atoms. The molecule has 0 aliphatic rings. The number of nitrogens with two attached hydrogens (primary N) is 1. The third-order valence-corrected chi connectivity index (χ3v) is 1.82. The van der Waals surface area contributed by atoms with Crippen LogP contribution in [0.15, 0.2) is 18.3 Å². The molecule has 2 N–H and O–H groups in total. The van der Waals surface area contributed by atoms with Crippen molar-refractivity contribution in [2.45, 2.75) is 40.2 Å². The van der Waals surface area contributed by atoms with Gasteiger partial charge in [-0.3, -0.25) is 9.82 Å². The van der Waals surface area contributed by atoms with Crippen LogP contribution in [-0.2, 0) is 10.4 Å². The van der Waals surface area contributed by atoms with Crippen molar-refractivity contribution in [2.75, 3.05) is 0 Å². The van der Waals surface area contributed by atoms with Crippen molar-refractivity contribution in [1.29, 1.82) is 0 Å². The zero-order valence-corrected chi connectivity index (χ0v) is 9.66. The van der Waals surface area contributed by atoms with E-state index in [2.05, 4.69) is 4.98 Å². The molecule has 14 heavy (non-hydrogen) atoms. The minimum atomic E-state index is -0.506. The van der Waals surface area contributed by atoms with Crippen LogP contribution in [0.25, 0.3) is 0 Å². The lowest BCUT2D eigenvalue weighted by Gasteiger charge is -2.20. The van der Waals surface area contributed by atoms with Crippen LogP contribution in [0.4, 0.5) is 0 Å². The number of aromatic nitrogens is 1. The Hall–Kier alpha value is -0.930. The van der Waals surface area contributed by atoms with Gasteiger partial charge in [0.25, 0.3) is 0 Å². The van der Waals surface area contributed by atoms with Gasteiger partial charge in [0, 0.05) is 6.20 Å². The van der Waals surface area contributed by atoms with Crippen molar-refractivity contribution in [3.05, 3.63) is 29.6 Å². The molecule has 3 heteroatoms. The Bertz CT molecular complexity index is 254. The van der Waals surface area contributed by atoms with Crippen molar-refractivity contribution in [2.24, 2.45) is 5.90 Å². The molecule has 80 valence electrons. The van der Waals surface area contributed by atoms with Gasteiger partial charge in [-0.25, -0.2) is 5.90 Å². The zero-order valence-electron chi connectivity index (χ0n) is 9.66. The third kappa shape index (κ3) is 3.44. The molecule has 3 nitrogen and oxygen atoms in total. The Balaban J connectivity index is 0.000000791. The molecule has 0 spiro atoms. The Morgan fingerprint density at radius 2 is 1.86 bits per heavy atom. The summed E-state index contributed by atoms with van der Waals surface area (Å²) in [6, 6.07) is 3.91. The van der Waals surface area contributed by atoms with Gasteiger partial charge in [-0.2, -0.15) is 0 Å². The van der Waals surface area contributed by atoms with E-state index in [1.54, 1.807) is 6.20 Å². The van der Waals surface area contributed by atoms with Gasteiger partial charge in [0.1, 0.15) is 5.60 Å². The minimum Gasteiger partial charge on any atom is -0.292 e. The van der Waals surface area contributed by atoms with Crippen molar-refractivity contribution in [1.82, 2.24) is 4.98 Å². The Morgan fingerprint density at radius 3 is 2.21 bits per heavy atom. The first-order valence-electron chi connectivity index (χ1n) is 4.87. The lowest BCUT2D eigenvalue weighted by atomic mass is 10.0. The first kappa shape index (κ1) is 13.1. The second-order valence-corrected chi connectivity index (χ2v) is 3.35. The molecule has 0 amide bonds. The van der Waals surface area contributed by atoms with E-state index in [1.165, 1.54) is 0 Å². The molecule has 0 saturated carbocycles. The molecule has 0 aromatic carbocycles. The molecule has 0 saturated heterocycles. The fourth-order valence-electron chi connectivity index (χ4n) is 0.884. The summed E-state index contributed by atoms with van der Waals surface area (Å²) in [6.07, 6.45) is 1.80. The van der Waals surface area contributed by atoms with Crippen LogP contribution in [0.2, 0.25) is 0 Å². The molecular formula is C11H20N2O. The predicted octanol–water partition coefficient (Wildman–Crippen LogP) is 2.54. The summed E-state index contributed by atoms with van der Waals surface area (Å²) in [6.45, 7) is 9.75. The SMILES string of the molecule is CC.Cc1ccc(C(C)(C)ON)nc1. The number of hydrogen-bond donors (Lipinski definition) is 1. The smallest absolute Gasteiger partial charge is 0.125 e. The molecule has 1 rings (SSSR count). The van der Waals surface area contributed by atoms with E-state index < -0.39 is 5.60 Å². The summed E-state index contributed by atoms with van der Waals surface area (Å²) in [5.41, 5.74) is 1.47. The van der Waals surface area contributed by atoms with Gasteiger partial charge in [0.05, 0.1) is 5.69 Å². The quantitative estimate of drug-likeness (QED) is 0.739. The molecule has 0 unspecified atom stereocenters. The zero-order chi connectivity index (χ0) is 11.2. The molecule has 1 aromatic rings. The molecular weight excluding hydrogens is 176 g/mol. The highest BCUT2D eigenvalue weighted by molar-refractivity contribution is 5.16. The summed E-state index contributed by atoms with van der Waals surface area (Å²) in [5, 5.41) is 0. The molecule has 1 heterocycles. The molecule has 0 atom stereocenters. The highest BCUT2D eigenvalue weighted by Gasteiger charge is 2.21. The van der Waals surface area contributed by atoms with Crippen molar-refractivity contribution < 1.29 is 4.84 Å². The largest absolute Gasteiger partial charge is 0.292 e. The van der Waals surface area contributed by atoms with Gasteiger partial charge in [-0.1, -0.05) is 19.9 Å². The van der Waals surface area contributed by atoms with E-state index in [0.29, 0.717) is 0 Å². The molecule has 0 aliphatic carbocycles. The fourth-order valence-corrected chi connectivity index (χ4v) is 0.884. The highest BCUT2D eigenvalue weighted by atomic mass is 16.6. The van der Waals surface area contributed by atoms with Crippen LogP contribution < -0.4 is 5.90 Å². The van der Waals surface area contributed by atoms with Crippen molar-refractivity contribution >= 4 is 0 Å². The van der Waals surface area contributed by atoms with Crippen molar-refractivity contribution in [3.8, 4) is 0 Å². The van der Waals surface area contributed by atoms with E-state index in [4.69, 9.17) is 10.7 Å². The van der Waals surface area contributed by atoms with Crippen LogP contribution in [-0.4, -0.2) is 4.98 Å². The van der Waals surface area contributed by atoms with Crippen LogP contribution in [0.5, 0.6) is 0 Å². The first-order valence-corrected chi connectivity index (χ1v) is 4.87. The van der Waals surface area contributed by atoms with E-state index in [9.17, 15) is 0 Å². The topological polar surface area (TPSA) is 48.1 Å². The maximum absolute atomic E-state index is 5.14. The molecule has 0 radical (unpaired) electrons. The number of rotatable bonds is 2. The van der Waals surface area contributed by atoms with Gasteiger partial charge in [-0.15, -0.1) is 0 Å². The molecule has 0 aliphatic heterocycles. The van der Waals surface area contributed by atoms with Crippen LogP contribution in [0, 0.1) is 6.92 Å². The average molecular weight is 196 g/mol. The summed E-state index contributed by atoms with van der Waals surface area (Å²) in [5.74, 6) is 5.14. The predicted molar refractivity (Wildman–Crippen MR) is 58.6 cm³/mol. The first-order chi connectivity index (χ1) is 6.56. The monoisotopic (exact) mass is 196 g/mol. The summed E-state index contributed by atoms with van der Waals surface area (Å²) < 4.78 is 0. The Kier molecular flexibility index (Phi) is 5.35. The van der Waals surface area contributed by atoms with E-state index >= 15 is 0 Å². The second kappa shape index (κ2) is 5.73. The van der Waals surface area contributed by atoms with Gasteiger partial charge in [-0.05, 0) is 32.4 Å². The van der Waals surface area contributed by atoms with E-state index in [1.807, 2.05) is 46.8 Å². The maximum atomic E-state index is 5.14. The van der Waals surface area contributed by atoms with Gasteiger partial charge in [0.15, 0.2) is 0 Å². The summed E-state index contributed by atoms with van der Waals surface area (Å²) in [7, 11) is 0. The number of aryl methyl sites for hydroxylation is 1. The van der Waals surface area contributed by atoms with Gasteiger partial charge < -0.3 is 0 Å². The van der Waals surface area contributed by atoms with E-state index in [-0.39, 0.29) is 0 Å². The number of pyridine rings is 1. The van der Waals surface area contributed by atoms with Crippen LogP contribution in [0.1, 0.15) is 39.0 Å².